The molecule has 3 atom stereocenters. The molecule has 6 aromatic carbocycles. The number of aromatic nitrogens is 1. The van der Waals surface area contributed by atoms with Gasteiger partial charge in [-0.2, -0.15) is 0 Å². The van der Waals surface area contributed by atoms with Gasteiger partial charge in [-0.3, -0.25) is 4.90 Å². The maximum Gasteiger partial charge on any atom is 0.178 e. The van der Waals surface area contributed by atoms with E-state index in [4.69, 9.17) is 0 Å². The average molecular weight is 647 g/mol. The summed E-state index contributed by atoms with van der Waals surface area (Å²) in [6.45, 7) is 4.75. The second-order valence-corrected chi connectivity index (χ2v) is 14.7. The number of nitrogens with one attached hydrogen (secondary N) is 2. The van der Waals surface area contributed by atoms with Crippen molar-refractivity contribution in [2.45, 2.75) is 44.4 Å². The van der Waals surface area contributed by atoms with Crippen molar-refractivity contribution in [3.05, 3.63) is 180 Å². The lowest BCUT2D eigenvalue weighted by molar-refractivity contribution is -0.948. The molecule has 10 rings (SSSR count). The molecule has 0 spiro atoms. The van der Waals surface area contributed by atoms with Crippen LogP contribution in [-0.4, -0.2) is 10.7 Å². The molecule has 1 aromatic heterocycles. The Labute approximate surface area is 293 Å². The van der Waals surface area contributed by atoms with Gasteiger partial charge in [0.05, 0.1) is 11.0 Å². The Balaban J connectivity index is 1.16. The van der Waals surface area contributed by atoms with Crippen molar-refractivity contribution in [3.8, 4) is 27.9 Å². The summed E-state index contributed by atoms with van der Waals surface area (Å²) >= 11 is 0. The van der Waals surface area contributed by atoms with Gasteiger partial charge in [0, 0.05) is 33.0 Å². The average Bonchev–Trinajstić information content (AvgIpc) is 3.59. The van der Waals surface area contributed by atoms with Crippen LogP contribution >= 0.6 is 0 Å². The summed E-state index contributed by atoms with van der Waals surface area (Å²) in [4.78, 5) is 1.45. The van der Waals surface area contributed by atoms with Crippen LogP contribution < -0.4 is 10.2 Å². The number of benzene rings is 6. The summed E-state index contributed by atoms with van der Waals surface area (Å²) in [6, 6.07) is 51.9. The number of quaternary nitrogens is 1. The van der Waals surface area contributed by atoms with E-state index >= 15 is 0 Å². The third-order valence-electron chi connectivity index (χ3n) is 11.5. The molecule has 242 valence electrons. The standard InChI is InChI=1S/C47H39N3/c1-47(2)41-24-13-12-23-37(41)38-29-40-39-28-33(31-15-6-3-7-16-31)25-26-43(39)49(44(40)30-42(38)47)36-22-14-19-34(27-36)46-48-45(32-17-8-4-9-18-32)50(46)35-20-10-5-11-21-35/h3,5-8,10-30,45-46,48H,4,9H2,1-2H3/p+1. The van der Waals surface area contributed by atoms with Crippen LogP contribution in [0.3, 0.4) is 0 Å². The molecule has 0 amide bonds. The molecular weight excluding hydrogens is 607 g/mol. The first-order valence-corrected chi connectivity index (χ1v) is 18.0. The van der Waals surface area contributed by atoms with Crippen molar-refractivity contribution >= 4 is 27.5 Å². The number of hydrogen-bond acceptors (Lipinski definition) is 1. The number of rotatable bonds is 5. The second kappa shape index (κ2) is 11.3. The largest absolute Gasteiger partial charge is 0.309 e. The first-order valence-electron chi connectivity index (χ1n) is 18.0. The van der Waals surface area contributed by atoms with Crippen molar-refractivity contribution in [2.75, 3.05) is 0 Å². The van der Waals surface area contributed by atoms with Gasteiger partial charge < -0.3 is 4.57 Å². The molecule has 0 saturated carbocycles. The summed E-state index contributed by atoms with van der Waals surface area (Å²) < 4.78 is 2.51. The predicted molar refractivity (Wildman–Crippen MR) is 207 cm³/mol. The van der Waals surface area contributed by atoms with E-state index in [1.54, 1.807) is 0 Å². The Bertz CT molecular complexity index is 2500. The molecule has 1 aliphatic heterocycles. The van der Waals surface area contributed by atoms with Gasteiger partial charge in [-0.25, -0.2) is 5.32 Å². The number of hydrogen-bond donors (Lipinski definition) is 2. The van der Waals surface area contributed by atoms with E-state index in [0.29, 0.717) is 0 Å². The highest BCUT2D eigenvalue weighted by Crippen LogP contribution is 2.51. The SMILES string of the molecule is CC1(C)c2ccccc2-c2cc3c4cc(-c5ccccc5)ccc4n(-c4cccc(C5NC(C6=CCCC=C6)[NH+]5c5ccccc5)c4)c3cc21. The van der Waals surface area contributed by atoms with Crippen LogP contribution in [0.2, 0.25) is 0 Å². The van der Waals surface area contributed by atoms with Crippen LogP contribution in [0.5, 0.6) is 0 Å². The molecule has 0 radical (unpaired) electrons. The molecule has 3 aliphatic rings. The lowest BCUT2D eigenvalue weighted by atomic mass is 9.82. The Kier molecular flexibility index (Phi) is 6.64. The zero-order valence-electron chi connectivity index (χ0n) is 28.5. The highest BCUT2D eigenvalue weighted by Gasteiger charge is 2.46. The number of nitrogens with zero attached hydrogens (tertiary/aromatic N) is 1. The van der Waals surface area contributed by atoms with Crippen LogP contribution in [0.15, 0.2) is 163 Å². The van der Waals surface area contributed by atoms with E-state index in [2.05, 4.69) is 181 Å². The maximum atomic E-state index is 3.98. The van der Waals surface area contributed by atoms with Crippen molar-refractivity contribution in [3.63, 3.8) is 0 Å². The van der Waals surface area contributed by atoms with Crippen LogP contribution in [0.4, 0.5) is 5.69 Å². The number of fused-ring (bicyclic) bond motifs is 6. The van der Waals surface area contributed by atoms with E-state index in [1.807, 2.05) is 0 Å². The number of allylic oxidation sites excluding steroid dienone is 2. The molecular formula is C47H40N3+. The van der Waals surface area contributed by atoms with Crippen molar-refractivity contribution in [1.82, 2.24) is 9.88 Å². The van der Waals surface area contributed by atoms with Gasteiger partial charge in [0.15, 0.2) is 12.3 Å². The van der Waals surface area contributed by atoms with Gasteiger partial charge in [-0.15, -0.1) is 0 Å². The molecule has 1 fully saturated rings. The summed E-state index contributed by atoms with van der Waals surface area (Å²) in [6.07, 6.45) is 9.66. The number of para-hydroxylation sites is 1. The quantitative estimate of drug-likeness (QED) is 0.191. The third kappa shape index (κ3) is 4.44. The molecule has 3 nitrogen and oxygen atoms in total. The zero-order chi connectivity index (χ0) is 33.4. The van der Waals surface area contributed by atoms with Gasteiger partial charge in [-0.05, 0) is 94.8 Å². The van der Waals surface area contributed by atoms with Crippen LogP contribution in [0.1, 0.15) is 49.5 Å². The normalized spacial score (nSPS) is 20.4. The lowest BCUT2D eigenvalue weighted by Crippen LogP contribution is -3.23. The molecule has 50 heavy (non-hydrogen) atoms. The van der Waals surface area contributed by atoms with Crippen molar-refractivity contribution in [2.24, 2.45) is 0 Å². The highest BCUT2D eigenvalue weighted by molar-refractivity contribution is 6.12. The van der Waals surface area contributed by atoms with Gasteiger partial charge >= 0.3 is 0 Å². The Morgan fingerprint density at radius 2 is 1.40 bits per heavy atom. The summed E-state index contributed by atoms with van der Waals surface area (Å²) in [5, 5.41) is 6.55. The molecule has 2 heterocycles. The fourth-order valence-corrected chi connectivity index (χ4v) is 8.93. The predicted octanol–water partition coefficient (Wildman–Crippen LogP) is 10.2. The highest BCUT2D eigenvalue weighted by atomic mass is 15.5. The maximum absolute atomic E-state index is 3.98. The smallest absolute Gasteiger partial charge is 0.178 e. The first-order chi connectivity index (χ1) is 24.6. The van der Waals surface area contributed by atoms with E-state index < -0.39 is 0 Å². The minimum absolute atomic E-state index is 0.0783. The van der Waals surface area contributed by atoms with Gasteiger partial charge in [-0.1, -0.05) is 123 Å². The van der Waals surface area contributed by atoms with E-state index in [-0.39, 0.29) is 17.7 Å². The molecule has 0 bridgehead atoms. The van der Waals surface area contributed by atoms with Crippen molar-refractivity contribution < 1.29 is 4.90 Å². The van der Waals surface area contributed by atoms with Gasteiger partial charge in [0.25, 0.3) is 0 Å². The van der Waals surface area contributed by atoms with E-state index in [9.17, 15) is 0 Å². The van der Waals surface area contributed by atoms with Crippen LogP contribution in [-0.2, 0) is 5.41 Å². The molecule has 2 N–H and O–H groups in total. The Morgan fingerprint density at radius 3 is 2.22 bits per heavy atom. The monoisotopic (exact) mass is 646 g/mol. The van der Waals surface area contributed by atoms with Crippen LogP contribution in [0, 0.1) is 0 Å². The molecule has 3 unspecified atom stereocenters. The topological polar surface area (TPSA) is 21.4 Å². The second-order valence-electron chi connectivity index (χ2n) is 14.7. The van der Waals surface area contributed by atoms with E-state index in [0.717, 1.165) is 12.8 Å². The summed E-state index contributed by atoms with van der Waals surface area (Å²) in [5.41, 5.74) is 15.6. The minimum Gasteiger partial charge on any atom is -0.309 e. The summed E-state index contributed by atoms with van der Waals surface area (Å²) in [7, 11) is 0. The molecule has 1 saturated heterocycles. The van der Waals surface area contributed by atoms with Crippen molar-refractivity contribution in [1.29, 1.82) is 0 Å². The lowest BCUT2D eigenvalue weighted by Gasteiger charge is -2.46. The molecule has 2 aliphatic carbocycles. The van der Waals surface area contributed by atoms with Gasteiger partial charge in [0.1, 0.15) is 5.69 Å². The first kappa shape index (κ1) is 29.4. The Hall–Kier alpha value is -5.48. The molecule has 3 heteroatoms. The fourth-order valence-electron chi connectivity index (χ4n) is 8.93. The third-order valence-corrected chi connectivity index (χ3v) is 11.5. The zero-order valence-corrected chi connectivity index (χ0v) is 28.5. The van der Waals surface area contributed by atoms with Gasteiger partial charge in [0.2, 0.25) is 0 Å². The minimum atomic E-state index is -0.0783. The Morgan fingerprint density at radius 1 is 0.620 bits per heavy atom. The molecule has 7 aromatic rings. The van der Waals surface area contributed by atoms with E-state index in [1.165, 1.54) is 82.6 Å². The van der Waals surface area contributed by atoms with Crippen LogP contribution in [0.25, 0.3) is 49.7 Å². The fraction of sp³-hybridized carbons (Fsp3) is 0.149. The summed E-state index contributed by atoms with van der Waals surface area (Å²) in [5.74, 6) is 0.